The minimum absolute atomic E-state index is 0.0312. The van der Waals surface area contributed by atoms with Crippen molar-refractivity contribution in [3.05, 3.63) is 35.4 Å². The minimum atomic E-state index is -3.48. The van der Waals surface area contributed by atoms with Crippen molar-refractivity contribution in [3.8, 4) is 0 Å². The third kappa shape index (κ3) is 5.82. The monoisotopic (exact) mass is 450 g/mol. The van der Waals surface area contributed by atoms with Crippen molar-refractivity contribution in [1.29, 1.82) is 5.41 Å². The topological polar surface area (TPSA) is 154 Å². The zero-order chi connectivity index (χ0) is 22.8. The molecule has 31 heavy (non-hydrogen) atoms. The van der Waals surface area contributed by atoms with E-state index < -0.39 is 21.9 Å². The van der Waals surface area contributed by atoms with Crippen LogP contribution in [0.25, 0.3) is 0 Å². The number of amidine groups is 1. The first-order valence-electron chi connectivity index (χ1n) is 10.5. The fraction of sp³-hybridized carbons (Fsp3) is 0.571. The Morgan fingerprint density at radius 1 is 1.23 bits per heavy atom. The van der Waals surface area contributed by atoms with E-state index in [1.165, 1.54) is 10.6 Å². The Morgan fingerprint density at radius 2 is 1.84 bits per heavy atom. The van der Waals surface area contributed by atoms with Crippen LogP contribution in [0.15, 0.2) is 24.3 Å². The second-order valence-electron chi connectivity index (χ2n) is 8.61. The lowest BCUT2D eigenvalue weighted by molar-refractivity contribution is -0.140. The quantitative estimate of drug-likeness (QED) is 0.345. The van der Waals surface area contributed by atoms with Crippen LogP contribution >= 0.6 is 0 Å². The first-order valence-corrected chi connectivity index (χ1v) is 12.3. The normalized spacial score (nSPS) is 26.6. The summed E-state index contributed by atoms with van der Waals surface area (Å²) in [6.45, 7) is 0.170. The van der Waals surface area contributed by atoms with E-state index >= 15 is 0 Å². The van der Waals surface area contributed by atoms with Crippen LogP contribution < -0.4 is 11.1 Å². The van der Waals surface area contributed by atoms with E-state index in [0.29, 0.717) is 30.7 Å². The number of nitrogens with zero attached hydrogens (tertiary/aromatic N) is 1. The van der Waals surface area contributed by atoms with Gasteiger partial charge in [0.05, 0.1) is 18.6 Å². The molecular formula is C21H30N4O5S. The van der Waals surface area contributed by atoms with Crippen LogP contribution in [0.4, 0.5) is 0 Å². The molecule has 2 aliphatic rings. The minimum Gasteiger partial charge on any atom is -0.481 e. The van der Waals surface area contributed by atoms with E-state index in [4.69, 9.17) is 16.2 Å². The standard InChI is InChI=1S/C21H30N4O5S/c1-31(29,30)25(12-17-10-16(11-19(26)27)21(28)24-17)18-8-6-14(7-9-18)13-2-4-15(5-3-13)20(22)23/h2-5,14,16-18H,6-12H2,1H3,(H3,22,23)(H,24,28)(H,26,27)/t14?,16-,17-,18?/m0/s1. The highest BCUT2D eigenvalue weighted by molar-refractivity contribution is 7.88. The van der Waals surface area contributed by atoms with Crippen molar-refractivity contribution in [2.45, 2.75) is 56.5 Å². The second-order valence-corrected chi connectivity index (χ2v) is 10.5. The molecule has 1 heterocycles. The van der Waals surface area contributed by atoms with E-state index in [0.717, 1.165) is 18.4 Å². The number of hydrogen-bond acceptors (Lipinski definition) is 5. The van der Waals surface area contributed by atoms with Crippen LogP contribution in [-0.2, 0) is 19.6 Å². The summed E-state index contributed by atoms with van der Waals surface area (Å²) < 4.78 is 26.5. The number of benzene rings is 1. The van der Waals surface area contributed by atoms with Gasteiger partial charge in [-0.25, -0.2) is 8.42 Å². The Labute approximate surface area is 182 Å². The number of sulfonamides is 1. The fourth-order valence-corrected chi connectivity index (χ4v) is 5.94. The maximum atomic E-state index is 12.5. The van der Waals surface area contributed by atoms with Gasteiger partial charge in [-0.15, -0.1) is 0 Å². The number of rotatable bonds is 8. The molecule has 1 aliphatic heterocycles. The summed E-state index contributed by atoms with van der Waals surface area (Å²) in [6, 6.07) is 7.12. The van der Waals surface area contributed by atoms with Crippen LogP contribution in [0.3, 0.4) is 0 Å². The number of nitrogens with two attached hydrogens (primary N) is 1. The summed E-state index contributed by atoms with van der Waals surface area (Å²) in [6.07, 6.45) is 4.38. The second kappa shape index (κ2) is 9.35. The average molecular weight is 451 g/mol. The highest BCUT2D eigenvalue weighted by Gasteiger charge is 2.38. The molecule has 1 aromatic rings. The Balaban J connectivity index is 1.62. The van der Waals surface area contributed by atoms with Gasteiger partial charge in [0.15, 0.2) is 0 Å². The first-order chi connectivity index (χ1) is 14.5. The van der Waals surface area contributed by atoms with E-state index in [9.17, 15) is 18.0 Å². The van der Waals surface area contributed by atoms with Crippen molar-refractivity contribution in [3.63, 3.8) is 0 Å². The van der Waals surface area contributed by atoms with Gasteiger partial charge in [0.1, 0.15) is 5.84 Å². The maximum Gasteiger partial charge on any atom is 0.304 e. The van der Waals surface area contributed by atoms with E-state index in [-0.39, 0.29) is 36.8 Å². The van der Waals surface area contributed by atoms with Crippen molar-refractivity contribution in [2.24, 2.45) is 11.7 Å². The number of carboxylic acid groups (broad SMARTS) is 1. The van der Waals surface area contributed by atoms with Gasteiger partial charge in [-0.2, -0.15) is 4.31 Å². The molecule has 0 bridgehead atoms. The van der Waals surface area contributed by atoms with Gasteiger partial charge in [0.25, 0.3) is 0 Å². The highest BCUT2D eigenvalue weighted by Crippen LogP contribution is 2.36. The fourth-order valence-electron chi connectivity index (χ4n) is 4.74. The summed E-state index contributed by atoms with van der Waals surface area (Å²) in [5, 5.41) is 19.2. The molecule has 0 radical (unpaired) electrons. The van der Waals surface area contributed by atoms with Gasteiger partial charge in [-0.1, -0.05) is 24.3 Å². The maximum absolute atomic E-state index is 12.5. The number of nitrogen functional groups attached to an aromatic ring is 1. The van der Waals surface area contributed by atoms with Gasteiger partial charge in [0, 0.05) is 24.2 Å². The van der Waals surface area contributed by atoms with Gasteiger partial charge in [-0.05, 0) is 43.6 Å². The summed E-state index contributed by atoms with van der Waals surface area (Å²) in [5.74, 6) is -1.61. The van der Waals surface area contributed by atoms with Crippen LogP contribution in [0, 0.1) is 11.3 Å². The molecule has 0 spiro atoms. The third-order valence-corrected chi connectivity index (χ3v) is 7.63. The Kier molecular flexibility index (Phi) is 7.00. The number of carbonyl (C=O) groups is 2. The average Bonchev–Trinajstić information content (AvgIpc) is 3.04. The number of carboxylic acids is 1. The predicted octanol–water partition coefficient (Wildman–Crippen LogP) is 1.24. The molecule has 1 saturated heterocycles. The Hall–Kier alpha value is -2.46. The number of aliphatic carboxylic acids is 1. The SMILES string of the molecule is CS(=O)(=O)N(C[C@@H]1C[C@@H](CC(=O)O)C(=O)N1)C1CCC(c2ccc(C(=N)N)cc2)CC1. The van der Waals surface area contributed by atoms with Crippen LogP contribution in [-0.4, -0.2) is 60.4 Å². The van der Waals surface area contributed by atoms with E-state index in [1.807, 2.05) is 24.3 Å². The Bertz CT molecular complexity index is 939. The van der Waals surface area contributed by atoms with E-state index in [1.54, 1.807) is 0 Å². The van der Waals surface area contributed by atoms with Gasteiger partial charge in [0.2, 0.25) is 15.9 Å². The molecular weight excluding hydrogens is 420 g/mol. The molecule has 1 aliphatic carbocycles. The van der Waals surface area contributed by atoms with Gasteiger partial charge in [-0.3, -0.25) is 15.0 Å². The van der Waals surface area contributed by atoms with Crippen molar-refractivity contribution in [2.75, 3.05) is 12.8 Å². The third-order valence-electron chi connectivity index (χ3n) is 6.33. The summed E-state index contributed by atoms with van der Waals surface area (Å²) in [5.41, 5.74) is 7.35. The van der Waals surface area contributed by atoms with Crippen LogP contribution in [0.5, 0.6) is 0 Å². The van der Waals surface area contributed by atoms with Crippen LogP contribution in [0.2, 0.25) is 0 Å². The molecule has 0 unspecified atom stereocenters. The van der Waals surface area contributed by atoms with Crippen LogP contribution in [0.1, 0.15) is 55.6 Å². The number of nitrogens with one attached hydrogen (secondary N) is 2. The number of hydrogen-bond donors (Lipinski definition) is 4. The molecule has 2 atom stereocenters. The molecule has 3 rings (SSSR count). The lowest BCUT2D eigenvalue weighted by Crippen LogP contribution is -2.47. The summed E-state index contributed by atoms with van der Waals surface area (Å²) in [7, 11) is -3.48. The number of carbonyl (C=O) groups excluding carboxylic acids is 1. The first kappa shape index (κ1) is 23.2. The lowest BCUT2D eigenvalue weighted by atomic mass is 9.81. The molecule has 170 valence electrons. The lowest BCUT2D eigenvalue weighted by Gasteiger charge is -2.36. The van der Waals surface area contributed by atoms with Crippen molar-refractivity contribution in [1.82, 2.24) is 9.62 Å². The van der Waals surface area contributed by atoms with Crippen molar-refractivity contribution < 1.29 is 23.1 Å². The molecule has 1 aromatic carbocycles. The van der Waals surface area contributed by atoms with E-state index in [2.05, 4.69) is 5.32 Å². The number of amides is 1. The summed E-state index contributed by atoms with van der Waals surface area (Å²) >= 11 is 0. The molecule has 5 N–H and O–H groups in total. The molecule has 1 amide bonds. The molecule has 9 nitrogen and oxygen atoms in total. The highest BCUT2D eigenvalue weighted by atomic mass is 32.2. The van der Waals surface area contributed by atoms with Gasteiger partial charge < -0.3 is 16.2 Å². The molecule has 0 aromatic heterocycles. The Morgan fingerprint density at radius 3 is 2.35 bits per heavy atom. The molecule has 2 fully saturated rings. The largest absolute Gasteiger partial charge is 0.481 e. The summed E-state index contributed by atoms with van der Waals surface area (Å²) in [4.78, 5) is 23.0. The smallest absolute Gasteiger partial charge is 0.304 e. The predicted molar refractivity (Wildman–Crippen MR) is 116 cm³/mol. The zero-order valence-corrected chi connectivity index (χ0v) is 18.4. The molecule has 10 heteroatoms. The van der Waals surface area contributed by atoms with Gasteiger partial charge >= 0.3 is 5.97 Å². The van der Waals surface area contributed by atoms with Crippen molar-refractivity contribution >= 4 is 27.7 Å². The zero-order valence-electron chi connectivity index (χ0n) is 17.6. The molecule has 1 saturated carbocycles.